The molecule has 0 aromatic rings. The fourth-order valence-corrected chi connectivity index (χ4v) is 0.743. The monoisotopic (exact) mass is 117 g/mol. The van der Waals surface area contributed by atoms with Gasteiger partial charge in [-0.2, -0.15) is 0 Å². The van der Waals surface area contributed by atoms with Gasteiger partial charge in [-0.15, -0.1) is 0 Å². The Morgan fingerprint density at radius 3 is 2.50 bits per heavy atom. The normalized spacial score (nSPS) is 24.8. The van der Waals surface area contributed by atoms with E-state index in [-0.39, 0.29) is 5.41 Å². The van der Waals surface area contributed by atoms with Gasteiger partial charge in [0, 0.05) is 12.0 Å². The standard InChI is InChI=1S/C5H11NO2/c1-5(2-6-7)3-8-4-5/h6-7H,2-4H2,1H3. The lowest BCUT2D eigenvalue weighted by molar-refractivity contribution is -0.111. The van der Waals surface area contributed by atoms with Crippen molar-refractivity contribution in [1.82, 2.24) is 5.48 Å². The molecule has 0 amide bonds. The van der Waals surface area contributed by atoms with Gasteiger partial charge in [-0.05, 0) is 0 Å². The smallest absolute Gasteiger partial charge is 0.0555 e. The average Bonchev–Trinajstić information content (AvgIpc) is 1.64. The SMILES string of the molecule is CC1(CNO)COC1. The number of rotatable bonds is 2. The summed E-state index contributed by atoms with van der Waals surface area (Å²) in [4.78, 5) is 0. The van der Waals surface area contributed by atoms with E-state index in [4.69, 9.17) is 9.94 Å². The Bertz CT molecular complexity index is 80.5. The minimum absolute atomic E-state index is 0.189. The van der Waals surface area contributed by atoms with Gasteiger partial charge in [0.05, 0.1) is 13.2 Å². The first-order valence-electron chi connectivity index (χ1n) is 2.72. The van der Waals surface area contributed by atoms with Crippen molar-refractivity contribution in [2.45, 2.75) is 6.92 Å². The molecular formula is C5H11NO2. The van der Waals surface area contributed by atoms with Crippen LogP contribution in [0.5, 0.6) is 0 Å². The summed E-state index contributed by atoms with van der Waals surface area (Å²) >= 11 is 0. The maximum atomic E-state index is 8.26. The third-order valence-corrected chi connectivity index (χ3v) is 1.41. The van der Waals surface area contributed by atoms with Crippen LogP contribution in [0.1, 0.15) is 6.92 Å². The number of hydrogen-bond acceptors (Lipinski definition) is 3. The number of nitrogens with one attached hydrogen (secondary N) is 1. The second-order valence-corrected chi connectivity index (χ2v) is 2.64. The lowest BCUT2D eigenvalue weighted by atomic mass is 9.89. The largest absolute Gasteiger partial charge is 0.380 e. The molecule has 0 spiro atoms. The Kier molecular flexibility index (Phi) is 1.51. The van der Waals surface area contributed by atoms with E-state index < -0.39 is 0 Å². The molecule has 0 aromatic heterocycles. The van der Waals surface area contributed by atoms with E-state index in [1.54, 1.807) is 0 Å². The van der Waals surface area contributed by atoms with Crippen LogP contribution in [0.25, 0.3) is 0 Å². The van der Waals surface area contributed by atoms with Crippen LogP contribution in [0.4, 0.5) is 0 Å². The summed E-state index contributed by atoms with van der Waals surface area (Å²) in [5.74, 6) is 0. The molecule has 1 aliphatic rings. The highest BCUT2D eigenvalue weighted by molar-refractivity contribution is 4.81. The van der Waals surface area contributed by atoms with Gasteiger partial charge in [0.1, 0.15) is 0 Å². The Morgan fingerprint density at radius 2 is 2.38 bits per heavy atom. The molecule has 0 atom stereocenters. The molecule has 1 rings (SSSR count). The van der Waals surface area contributed by atoms with Gasteiger partial charge in [-0.1, -0.05) is 6.92 Å². The van der Waals surface area contributed by atoms with Gasteiger partial charge in [-0.25, -0.2) is 5.48 Å². The van der Waals surface area contributed by atoms with E-state index in [9.17, 15) is 0 Å². The molecule has 1 heterocycles. The van der Waals surface area contributed by atoms with Crippen molar-refractivity contribution >= 4 is 0 Å². The lowest BCUT2D eigenvalue weighted by Crippen LogP contribution is -2.46. The van der Waals surface area contributed by atoms with Crippen molar-refractivity contribution in [2.75, 3.05) is 19.8 Å². The molecule has 0 aromatic carbocycles. The first kappa shape index (κ1) is 6.01. The highest BCUT2D eigenvalue weighted by Crippen LogP contribution is 2.24. The van der Waals surface area contributed by atoms with E-state index >= 15 is 0 Å². The topological polar surface area (TPSA) is 41.5 Å². The van der Waals surface area contributed by atoms with Gasteiger partial charge in [0.15, 0.2) is 0 Å². The van der Waals surface area contributed by atoms with E-state index in [0.29, 0.717) is 6.54 Å². The second-order valence-electron chi connectivity index (χ2n) is 2.64. The van der Waals surface area contributed by atoms with E-state index in [1.165, 1.54) is 0 Å². The molecular weight excluding hydrogens is 106 g/mol. The van der Waals surface area contributed by atoms with Crippen LogP contribution in [-0.2, 0) is 4.74 Å². The van der Waals surface area contributed by atoms with Gasteiger partial charge >= 0.3 is 0 Å². The molecule has 8 heavy (non-hydrogen) atoms. The fourth-order valence-electron chi connectivity index (χ4n) is 0.743. The lowest BCUT2D eigenvalue weighted by Gasteiger charge is -2.37. The van der Waals surface area contributed by atoms with Gasteiger partial charge in [0.2, 0.25) is 0 Å². The van der Waals surface area contributed by atoms with Crippen LogP contribution in [0, 0.1) is 5.41 Å². The van der Waals surface area contributed by atoms with Crippen LogP contribution >= 0.6 is 0 Å². The number of hydroxylamine groups is 1. The second kappa shape index (κ2) is 2.01. The Balaban J connectivity index is 2.20. The average molecular weight is 117 g/mol. The summed E-state index contributed by atoms with van der Waals surface area (Å²) in [7, 11) is 0. The zero-order valence-corrected chi connectivity index (χ0v) is 4.98. The summed E-state index contributed by atoms with van der Waals surface area (Å²) in [6, 6.07) is 0. The molecule has 2 N–H and O–H groups in total. The first-order chi connectivity index (χ1) is 3.77. The van der Waals surface area contributed by atoms with Crippen LogP contribution in [0.15, 0.2) is 0 Å². The molecule has 0 bridgehead atoms. The maximum absolute atomic E-state index is 8.26. The van der Waals surface area contributed by atoms with Crippen molar-refractivity contribution in [3.63, 3.8) is 0 Å². The van der Waals surface area contributed by atoms with Crippen LogP contribution in [0.3, 0.4) is 0 Å². The number of ether oxygens (including phenoxy) is 1. The highest BCUT2D eigenvalue weighted by atomic mass is 16.5. The Morgan fingerprint density at radius 1 is 1.75 bits per heavy atom. The van der Waals surface area contributed by atoms with Crippen molar-refractivity contribution in [3.8, 4) is 0 Å². The summed E-state index contributed by atoms with van der Waals surface area (Å²) in [5.41, 5.74) is 2.32. The third-order valence-electron chi connectivity index (χ3n) is 1.41. The van der Waals surface area contributed by atoms with Crippen LogP contribution < -0.4 is 5.48 Å². The van der Waals surface area contributed by atoms with Crippen LogP contribution in [0.2, 0.25) is 0 Å². The highest BCUT2D eigenvalue weighted by Gasteiger charge is 2.32. The zero-order chi connectivity index (χ0) is 6.04. The minimum Gasteiger partial charge on any atom is -0.380 e. The van der Waals surface area contributed by atoms with E-state index in [1.807, 2.05) is 0 Å². The summed E-state index contributed by atoms with van der Waals surface area (Å²) in [6.45, 7) is 4.23. The van der Waals surface area contributed by atoms with E-state index in [2.05, 4.69) is 12.4 Å². The molecule has 0 radical (unpaired) electrons. The van der Waals surface area contributed by atoms with Gasteiger partial charge < -0.3 is 9.94 Å². The molecule has 1 fully saturated rings. The minimum atomic E-state index is 0.189. The van der Waals surface area contributed by atoms with Gasteiger partial charge in [-0.3, -0.25) is 0 Å². The Labute approximate surface area is 48.6 Å². The molecule has 0 saturated carbocycles. The maximum Gasteiger partial charge on any atom is 0.0555 e. The quantitative estimate of drug-likeness (QED) is 0.500. The summed E-state index contributed by atoms with van der Waals surface area (Å²) in [6.07, 6.45) is 0. The molecule has 0 unspecified atom stereocenters. The van der Waals surface area contributed by atoms with Gasteiger partial charge in [0.25, 0.3) is 0 Å². The van der Waals surface area contributed by atoms with Crippen molar-refractivity contribution in [3.05, 3.63) is 0 Å². The number of hydrogen-bond donors (Lipinski definition) is 2. The molecule has 1 saturated heterocycles. The Hall–Kier alpha value is -0.120. The zero-order valence-electron chi connectivity index (χ0n) is 4.98. The first-order valence-corrected chi connectivity index (χ1v) is 2.72. The predicted octanol–water partition coefficient (Wildman–Crippen LogP) is 0.00170. The predicted molar refractivity (Wildman–Crippen MR) is 28.7 cm³/mol. The molecule has 3 heteroatoms. The fraction of sp³-hybridized carbons (Fsp3) is 1.00. The molecule has 1 aliphatic heterocycles. The van der Waals surface area contributed by atoms with Crippen LogP contribution in [-0.4, -0.2) is 25.0 Å². The van der Waals surface area contributed by atoms with Crippen molar-refractivity contribution in [1.29, 1.82) is 0 Å². The molecule has 0 aliphatic carbocycles. The molecule has 48 valence electrons. The molecule has 3 nitrogen and oxygen atoms in total. The van der Waals surface area contributed by atoms with E-state index in [0.717, 1.165) is 13.2 Å². The summed E-state index contributed by atoms with van der Waals surface area (Å²) < 4.78 is 4.94. The van der Waals surface area contributed by atoms with Crippen molar-refractivity contribution in [2.24, 2.45) is 5.41 Å². The van der Waals surface area contributed by atoms with Crippen molar-refractivity contribution < 1.29 is 9.94 Å². The summed E-state index contributed by atoms with van der Waals surface area (Å²) in [5, 5.41) is 8.26. The third kappa shape index (κ3) is 0.992.